The molecular weight excluding hydrogens is 346 g/mol. The molecule has 2 aromatic carbocycles. The van der Waals surface area contributed by atoms with E-state index in [1.165, 1.54) is 12.3 Å². The number of nitrogens with zero attached hydrogens (tertiary/aromatic N) is 1. The van der Waals surface area contributed by atoms with Crippen molar-refractivity contribution >= 4 is 27.2 Å². The zero-order chi connectivity index (χ0) is 17.6. The van der Waals surface area contributed by atoms with E-state index in [2.05, 4.69) is 4.74 Å². The minimum Gasteiger partial charge on any atom is -0.465 e. The molecule has 0 bridgehead atoms. The molecule has 0 saturated heterocycles. The average molecular weight is 359 g/mol. The standard InChI is InChI=1S/C17H13NO6S/c1-22-17(19)16-9-18(11-6-7-13-14(8-11)24-10-23-13)12-4-2-3-5-15(12)25(16,20)21/h2-9H,10H2,1H3. The van der Waals surface area contributed by atoms with Crippen molar-refractivity contribution in [3.8, 4) is 11.5 Å². The molecule has 25 heavy (non-hydrogen) atoms. The predicted molar refractivity (Wildman–Crippen MR) is 88.4 cm³/mol. The Morgan fingerprint density at radius 1 is 1.12 bits per heavy atom. The number of fused-ring (bicyclic) bond motifs is 2. The lowest BCUT2D eigenvalue weighted by atomic mass is 10.2. The zero-order valence-electron chi connectivity index (χ0n) is 13.1. The number of carbonyl (C=O) groups excluding carboxylic acids is 1. The number of esters is 1. The molecule has 0 fully saturated rings. The molecule has 0 N–H and O–H groups in total. The fraction of sp³-hybridized carbons (Fsp3) is 0.118. The zero-order valence-corrected chi connectivity index (χ0v) is 13.9. The fourth-order valence-electron chi connectivity index (χ4n) is 2.77. The average Bonchev–Trinajstić information content (AvgIpc) is 3.09. The van der Waals surface area contributed by atoms with Crippen LogP contribution in [-0.4, -0.2) is 28.3 Å². The minimum atomic E-state index is -3.96. The quantitative estimate of drug-likeness (QED) is 0.761. The van der Waals surface area contributed by atoms with Gasteiger partial charge in [-0.1, -0.05) is 12.1 Å². The van der Waals surface area contributed by atoms with Gasteiger partial charge in [0.25, 0.3) is 0 Å². The Hall–Kier alpha value is -3.00. The number of methoxy groups -OCH3 is 1. The third-order valence-electron chi connectivity index (χ3n) is 3.97. The van der Waals surface area contributed by atoms with Crippen LogP contribution in [0.1, 0.15) is 0 Å². The van der Waals surface area contributed by atoms with E-state index in [0.717, 1.165) is 7.11 Å². The molecule has 0 atom stereocenters. The number of hydrogen-bond donors (Lipinski definition) is 0. The van der Waals surface area contributed by atoms with Gasteiger partial charge in [0.15, 0.2) is 16.4 Å². The van der Waals surface area contributed by atoms with Crippen molar-refractivity contribution in [2.75, 3.05) is 18.8 Å². The van der Waals surface area contributed by atoms with E-state index in [9.17, 15) is 13.2 Å². The SMILES string of the molecule is COC(=O)C1=CN(c2ccc3c(c2)OCO3)c2ccccc2S1(=O)=O. The van der Waals surface area contributed by atoms with Gasteiger partial charge < -0.3 is 19.1 Å². The number of carbonyl (C=O) groups is 1. The largest absolute Gasteiger partial charge is 0.465 e. The molecule has 7 nitrogen and oxygen atoms in total. The molecular formula is C17H13NO6S. The minimum absolute atomic E-state index is 0.0376. The van der Waals surface area contributed by atoms with E-state index in [1.54, 1.807) is 41.3 Å². The molecule has 2 aliphatic rings. The van der Waals surface area contributed by atoms with Gasteiger partial charge in [0.2, 0.25) is 16.6 Å². The maximum atomic E-state index is 12.7. The first kappa shape index (κ1) is 15.5. The number of para-hydroxylation sites is 1. The number of hydrogen-bond acceptors (Lipinski definition) is 7. The van der Waals surface area contributed by atoms with Crippen molar-refractivity contribution in [3.05, 3.63) is 53.6 Å². The number of benzene rings is 2. The summed E-state index contributed by atoms with van der Waals surface area (Å²) in [6, 6.07) is 11.7. The molecule has 0 radical (unpaired) electrons. The Morgan fingerprint density at radius 2 is 1.88 bits per heavy atom. The lowest BCUT2D eigenvalue weighted by Crippen LogP contribution is -2.26. The number of ether oxygens (including phenoxy) is 3. The maximum absolute atomic E-state index is 12.7. The van der Waals surface area contributed by atoms with Crippen molar-refractivity contribution in [1.29, 1.82) is 0 Å². The first-order valence-corrected chi connectivity index (χ1v) is 8.84. The van der Waals surface area contributed by atoms with Crippen LogP contribution in [0.5, 0.6) is 11.5 Å². The highest BCUT2D eigenvalue weighted by molar-refractivity contribution is 7.96. The van der Waals surface area contributed by atoms with E-state index in [0.29, 0.717) is 22.9 Å². The molecule has 2 aromatic rings. The highest BCUT2D eigenvalue weighted by Crippen LogP contribution is 2.42. The summed E-state index contributed by atoms with van der Waals surface area (Å²) in [5, 5.41) is 0. The fourth-order valence-corrected chi connectivity index (χ4v) is 4.25. The van der Waals surface area contributed by atoms with Gasteiger partial charge in [-0.3, -0.25) is 0 Å². The maximum Gasteiger partial charge on any atom is 0.351 e. The molecule has 0 amide bonds. The van der Waals surface area contributed by atoms with Crippen molar-refractivity contribution in [2.24, 2.45) is 0 Å². The van der Waals surface area contributed by atoms with Gasteiger partial charge in [-0.05, 0) is 24.3 Å². The van der Waals surface area contributed by atoms with Crippen molar-refractivity contribution in [3.63, 3.8) is 0 Å². The smallest absolute Gasteiger partial charge is 0.351 e. The molecule has 128 valence electrons. The van der Waals surface area contributed by atoms with Gasteiger partial charge in [0, 0.05) is 18.0 Å². The summed E-state index contributed by atoms with van der Waals surface area (Å²) in [4.78, 5) is 13.2. The van der Waals surface area contributed by atoms with E-state index in [-0.39, 0.29) is 11.7 Å². The third kappa shape index (κ3) is 2.33. The molecule has 4 rings (SSSR count). The van der Waals surface area contributed by atoms with Gasteiger partial charge in [0.1, 0.15) is 0 Å². The summed E-state index contributed by atoms with van der Waals surface area (Å²) < 4.78 is 40.8. The lowest BCUT2D eigenvalue weighted by Gasteiger charge is -2.28. The highest BCUT2D eigenvalue weighted by atomic mass is 32.2. The Balaban J connectivity index is 1.93. The summed E-state index contributed by atoms with van der Waals surface area (Å²) >= 11 is 0. The molecule has 0 spiro atoms. The normalized spacial score (nSPS) is 16.8. The molecule has 0 unspecified atom stereocenters. The second-order valence-corrected chi connectivity index (χ2v) is 7.25. The number of rotatable bonds is 2. The van der Waals surface area contributed by atoms with Crippen LogP contribution in [0.4, 0.5) is 11.4 Å². The second-order valence-electron chi connectivity index (χ2n) is 5.36. The Morgan fingerprint density at radius 3 is 2.68 bits per heavy atom. The van der Waals surface area contributed by atoms with Crippen LogP contribution in [0.15, 0.2) is 58.5 Å². The van der Waals surface area contributed by atoms with E-state index < -0.39 is 20.7 Å². The van der Waals surface area contributed by atoms with Crippen LogP contribution in [0.25, 0.3) is 0 Å². The predicted octanol–water partition coefficient (Wildman–Crippen LogP) is 2.36. The van der Waals surface area contributed by atoms with Gasteiger partial charge >= 0.3 is 5.97 Å². The molecule has 2 heterocycles. The second kappa shape index (κ2) is 5.52. The lowest BCUT2D eigenvalue weighted by molar-refractivity contribution is -0.135. The summed E-state index contributed by atoms with van der Waals surface area (Å²) in [6.07, 6.45) is 1.26. The van der Waals surface area contributed by atoms with Crippen LogP contribution >= 0.6 is 0 Å². The molecule has 2 aliphatic heterocycles. The van der Waals surface area contributed by atoms with E-state index in [1.807, 2.05) is 0 Å². The van der Waals surface area contributed by atoms with Crippen molar-refractivity contribution < 1.29 is 27.4 Å². The Kier molecular flexibility index (Phi) is 3.43. The van der Waals surface area contributed by atoms with Gasteiger partial charge in [-0.2, -0.15) is 0 Å². The highest BCUT2D eigenvalue weighted by Gasteiger charge is 2.36. The first-order valence-electron chi connectivity index (χ1n) is 7.35. The van der Waals surface area contributed by atoms with Gasteiger partial charge in [0.05, 0.1) is 17.7 Å². The summed E-state index contributed by atoms with van der Waals surface area (Å²) in [6.45, 7) is 0.132. The molecule has 0 aliphatic carbocycles. The Labute approximate surface area is 143 Å². The first-order chi connectivity index (χ1) is 12.0. The van der Waals surface area contributed by atoms with E-state index in [4.69, 9.17) is 9.47 Å². The molecule has 0 saturated carbocycles. The monoisotopic (exact) mass is 359 g/mol. The number of sulfone groups is 1. The van der Waals surface area contributed by atoms with Crippen LogP contribution < -0.4 is 14.4 Å². The Bertz CT molecular complexity index is 1010. The van der Waals surface area contributed by atoms with Gasteiger partial charge in [-0.25, -0.2) is 13.2 Å². The van der Waals surface area contributed by atoms with Gasteiger partial charge in [-0.15, -0.1) is 0 Å². The molecule has 0 aromatic heterocycles. The number of anilines is 2. The summed E-state index contributed by atoms with van der Waals surface area (Å²) in [7, 11) is -2.81. The van der Waals surface area contributed by atoms with E-state index >= 15 is 0 Å². The van der Waals surface area contributed by atoms with Crippen LogP contribution in [0.2, 0.25) is 0 Å². The third-order valence-corrected chi connectivity index (χ3v) is 5.75. The van der Waals surface area contributed by atoms with Crippen LogP contribution in [-0.2, 0) is 19.4 Å². The topological polar surface area (TPSA) is 82.1 Å². The van der Waals surface area contributed by atoms with Crippen LogP contribution in [0.3, 0.4) is 0 Å². The van der Waals surface area contributed by atoms with Crippen molar-refractivity contribution in [1.82, 2.24) is 0 Å². The molecule has 8 heteroatoms. The van der Waals surface area contributed by atoms with Crippen molar-refractivity contribution in [2.45, 2.75) is 4.90 Å². The summed E-state index contributed by atoms with van der Waals surface area (Å²) in [5.41, 5.74) is 1.07. The summed E-state index contributed by atoms with van der Waals surface area (Å²) in [5.74, 6) is 0.246. The van der Waals surface area contributed by atoms with Crippen LogP contribution in [0, 0.1) is 0 Å².